The molecule has 1 heterocycles. The van der Waals surface area contributed by atoms with E-state index in [1.807, 2.05) is 13.8 Å². The molecule has 0 saturated carbocycles. The molecule has 2 rings (SSSR count). The summed E-state index contributed by atoms with van der Waals surface area (Å²) in [5.41, 5.74) is 1.37. The van der Waals surface area contributed by atoms with E-state index in [-0.39, 0.29) is 25.2 Å². The van der Waals surface area contributed by atoms with Crippen LogP contribution >= 0.6 is 0 Å². The lowest BCUT2D eigenvalue weighted by Gasteiger charge is -2.19. The Kier molecular flexibility index (Phi) is 4.39. The van der Waals surface area contributed by atoms with Crippen LogP contribution in [0.15, 0.2) is 24.3 Å². The Morgan fingerprint density at radius 2 is 2.15 bits per heavy atom. The molecular weight excluding hydrogens is 258 g/mol. The number of benzene rings is 1. The van der Waals surface area contributed by atoms with Crippen LogP contribution in [0.2, 0.25) is 0 Å². The number of hydrogen-bond donors (Lipinski definition) is 1. The van der Waals surface area contributed by atoms with Crippen LogP contribution in [-0.4, -0.2) is 36.2 Å². The van der Waals surface area contributed by atoms with E-state index < -0.39 is 11.9 Å². The molecule has 20 heavy (non-hydrogen) atoms. The summed E-state index contributed by atoms with van der Waals surface area (Å²) in [6.07, 6.45) is 0.855. The quantitative estimate of drug-likeness (QED) is 0.894. The number of amides is 1. The third kappa shape index (κ3) is 2.82. The Morgan fingerprint density at radius 1 is 1.45 bits per heavy atom. The second-order valence-electron chi connectivity index (χ2n) is 4.98. The number of carboxylic acids is 1. The summed E-state index contributed by atoms with van der Waals surface area (Å²) >= 11 is 0. The zero-order valence-electron chi connectivity index (χ0n) is 11.7. The molecule has 1 aromatic carbocycles. The molecule has 5 nitrogen and oxygen atoms in total. The van der Waals surface area contributed by atoms with Crippen molar-refractivity contribution < 1.29 is 19.4 Å². The third-order valence-electron chi connectivity index (χ3n) is 3.63. The summed E-state index contributed by atoms with van der Waals surface area (Å²) in [5.74, 6) is -1.75. The van der Waals surface area contributed by atoms with Gasteiger partial charge in [-0.05, 0) is 25.0 Å². The van der Waals surface area contributed by atoms with Crippen molar-refractivity contribution in [1.82, 2.24) is 0 Å². The van der Waals surface area contributed by atoms with E-state index in [1.54, 1.807) is 24.3 Å². The van der Waals surface area contributed by atoms with Crippen molar-refractivity contribution in [3.63, 3.8) is 0 Å². The maximum absolute atomic E-state index is 12.2. The highest BCUT2D eigenvalue weighted by atomic mass is 16.5. The van der Waals surface area contributed by atoms with E-state index in [0.717, 1.165) is 6.42 Å². The number of carbonyl (C=O) groups is 2. The zero-order valence-corrected chi connectivity index (χ0v) is 11.7. The van der Waals surface area contributed by atoms with Gasteiger partial charge < -0.3 is 14.7 Å². The van der Waals surface area contributed by atoms with Gasteiger partial charge in [-0.1, -0.05) is 25.1 Å². The molecule has 0 bridgehead atoms. The molecule has 0 radical (unpaired) electrons. The van der Waals surface area contributed by atoms with Crippen molar-refractivity contribution in [3.8, 4) is 0 Å². The molecular formula is C15H19NO4. The molecule has 0 aromatic heterocycles. The smallest absolute Gasteiger partial charge is 0.312 e. The molecule has 1 aliphatic rings. The number of nitrogens with zero attached hydrogens (tertiary/aromatic N) is 1. The van der Waals surface area contributed by atoms with Crippen molar-refractivity contribution in [2.45, 2.75) is 32.3 Å². The second-order valence-corrected chi connectivity index (χ2v) is 4.98. The van der Waals surface area contributed by atoms with Gasteiger partial charge in [0.1, 0.15) is 12.5 Å². The van der Waals surface area contributed by atoms with Gasteiger partial charge in [-0.15, -0.1) is 0 Å². The average molecular weight is 277 g/mol. The van der Waals surface area contributed by atoms with Crippen molar-refractivity contribution in [2.75, 3.05) is 18.1 Å². The molecule has 1 aliphatic heterocycles. The van der Waals surface area contributed by atoms with E-state index in [9.17, 15) is 14.7 Å². The Hall–Kier alpha value is -1.88. The van der Waals surface area contributed by atoms with Crippen LogP contribution in [0.25, 0.3) is 0 Å². The van der Waals surface area contributed by atoms with Crippen molar-refractivity contribution in [1.29, 1.82) is 0 Å². The van der Waals surface area contributed by atoms with Gasteiger partial charge in [0.05, 0.1) is 6.10 Å². The highest BCUT2D eigenvalue weighted by molar-refractivity contribution is 5.99. The highest BCUT2D eigenvalue weighted by Gasteiger charge is 2.36. The first-order chi connectivity index (χ1) is 9.54. The van der Waals surface area contributed by atoms with E-state index in [0.29, 0.717) is 11.3 Å². The molecule has 2 unspecified atom stereocenters. The van der Waals surface area contributed by atoms with Crippen LogP contribution in [-0.2, 0) is 14.3 Å². The number of carboxylic acid groups (broad SMARTS) is 1. The first-order valence-corrected chi connectivity index (χ1v) is 6.78. The predicted octanol–water partition coefficient (Wildman–Crippen LogP) is 2.02. The number of fused-ring (bicyclic) bond motifs is 1. The lowest BCUT2D eigenvalue weighted by Crippen LogP contribution is -2.35. The molecule has 1 aromatic rings. The van der Waals surface area contributed by atoms with Crippen LogP contribution in [0.3, 0.4) is 0 Å². The van der Waals surface area contributed by atoms with Crippen LogP contribution in [0.4, 0.5) is 5.69 Å². The lowest BCUT2D eigenvalue weighted by molar-refractivity contribution is -0.138. The molecule has 108 valence electrons. The monoisotopic (exact) mass is 277 g/mol. The first kappa shape index (κ1) is 14.5. The van der Waals surface area contributed by atoms with Gasteiger partial charge in [0.25, 0.3) is 5.91 Å². The molecule has 0 saturated heterocycles. The number of hydrogen-bond acceptors (Lipinski definition) is 3. The van der Waals surface area contributed by atoms with Crippen LogP contribution in [0, 0.1) is 0 Å². The van der Waals surface area contributed by atoms with Gasteiger partial charge in [0.2, 0.25) is 0 Å². The van der Waals surface area contributed by atoms with E-state index in [2.05, 4.69) is 0 Å². The number of para-hydroxylation sites is 1. The molecule has 1 amide bonds. The number of anilines is 1. The standard InChI is InChI=1S/C15H19NO4/c1-3-10(2)20-9-14(17)16-8-12(15(18)19)11-6-4-5-7-13(11)16/h4-7,10,12H,3,8-9H2,1-2H3,(H,18,19). The molecule has 0 spiro atoms. The fourth-order valence-electron chi connectivity index (χ4n) is 2.26. The normalized spacial score (nSPS) is 18.7. The maximum Gasteiger partial charge on any atom is 0.312 e. The Morgan fingerprint density at radius 3 is 2.80 bits per heavy atom. The summed E-state index contributed by atoms with van der Waals surface area (Å²) in [5, 5.41) is 9.25. The van der Waals surface area contributed by atoms with Gasteiger partial charge >= 0.3 is 5.97 Å². The molecule has 1 N–H and O–H groups in total. The third-order valence-corrected chi connectivity index (χ3v) is 3.63. The summed E-state index contributed by atoms with van der Waals surface area (Å²) in [6.45, 7) is 4.05. The largest absolute Gasteiger partial charge is 0.481 e. The summed E-state index contributed by atoms with van der Waals surface area (Å²) in [4.78, 5) is 25.0. The fourth-order valence-corrected chi connectivity index (χ4v) is 2.26. The van der Waals surface area contributed by atoms with Crippen molar-refractivity contribution >= 4 is 17.6 Å². The zero-order chi connectivity index (χ0) is 14.7. The number of carbonyl (C=O) groups excluding carboxylic acids is 1. The van der Waals surface area contributed by atoms with Gasteiger partial charge in [-0.3, -0.25) is 9.59 Å². The number of rotatable bonds is 5. The van der Waals surface area contributed by atoms with Gasteiger partial charge in [0, 0.05) is 12.2 Å². The number of aliphatic carboxylic acids is 1. The molecule has 5 heteroatoms. The fraction of sp³-hybridized carbons (Fsp3) is 0.467. The summed E-state index contributed by atoms with van der Waals surface area (Å²) < 4.78 is 5.44. The minimum absolute atomic E-state index is 0.0182. The predicted molar refractivity (Wildman–Crippen MR) is 74.9 cm³/mol. The molecule has 0 fully saturated rings. The first-order valence-electron chi connectivity index (χ1n) is 6.78. The topological polar surface area (TPSA) is 66.8 Å². The minimum Gasteiger partial charge on any atom is -0.481 e. The van der Waals surface area contributed by atoms with Gasteiger partial charge in [0.15, 0.2) is 0 Å². The van der Waals surface area contributed by atoms with Crippen LogP contribution in [0.5, 0.6) is 0 Å². The van der Waals surface area contributed by atoms with E-state index in [4.69, 9.17) is 4.74 Å². The summed E-state index contributed by atoms with van der Waals surface area (Å²) in [7, 11) is 0. The van der Waals surface area contributed by atoms with E-state index >= 15 is 0 Å². The summed E-state index contributed by atoms with van der Waals surface area (Å²) in [6, 6.07) is 7.13. The Labute approximate surface area is 118 Å². The highest BCUT2D eigenvalue weighted by Crippen LogP contribution is 2.36. The maximum atomic E-state index is 12.2. The SMILES string of the molecule is CCC(C)OCC(=O)N1CC(C(=O)O)c2ccccc21. The lowest BCUT2D eigenvalue weighted by atomic mass is 10.0. The Bertz CT molecular complexity index is 514. The van der Waals surface area contributed by atoms with E-state index in [1.165, 1.54) is 4.90 Å². The average Bonchev–Trinajstić information content (AvgIpc) is 2.84. The minimum atomic E-state index is -0.907. The van der Waals surface area contributed by atoms with Gasteiger partial charge in [-0.2, -0.15) is 0 Å². The second kappa shape index (κ2) is 6.05. The van der Waals surface area contributed by atoms with Crippen LogP contribution in [0.1, 0.15) is 31.7 Å². The van der Waals surface area contributed by atoms with Gasteiger partial charge in [-0.25, -0.2) is 0 Å². The van der Waals surface area contributed by atoms with Crippen molar-refractivity contribution in [3.05, 3.63) is 29.8 Å². The molecule has 0 aliphatic carbocycles. The Balaban J connectivity index is 2.14. The molecule has 2 atom stereocenters. The van der Waals surface area contributed by atoms with Crippen molar-refractivity contribution in [2.24, 2.45) is 0 Å². The number of ether oxygens (including phenoxy) is 1. The van der Waals surface area contributed by atoms with Crippen LogP contribution < -0.4 is 4.90 Å².